The van der Waals surface area contributed by atoms with Crippen molar-refractivity contribution in [3.63, 3.8) is 0 Å². The zero-order valence-electron chi connectivity index (χ0n) is 9.92. The number of aromatic nitrogens is 2. The third kappa shape index (κ3) is 3.16. The number of hydrogen-bond acceptors (Lipinski definition) is 3. The lowest BCUT2D eigenvalue weighted by Crippen LogP contribution is -2.01. The van der Waals surface area contributed by atoms with E-state index >= 15 is 0 Å². The number of nitrogens with zero attached hydrogens (tertiary/aromatic N) is 2. The molecule has 0 bridgehead atoms. The van der Waals surface area contributed by atoms with Gasteiger partial charge in [-0.05, 0) is 31.3 Å². The van der Waals surface area contributed by atoms with Gasteiger partial charge in [0.1, 0.15) is 11.6 Å². The lowest BCUT2D eigenvalue weighted by molar-refractivity contribution is 0.762. The Morgan fingerprint density at radius 3 is 2.73 bits per heavy atom. The van der Waals surface area contributed by atoms with Gasteiger partial charge in [0.15, 0.2) is 0 Å². The lowest BCUT2D eigenvalue weighted by atomic mass is 10.2. The summed E-state index contributed by atoms with van der Waals surface area (Å²) in [5.41, 5.74) is 7.09. The van der Waals surface area contributed by atoms with Gasteiger partial charge in [0.2, 0.25) is 0 Å². The highest BCUT2D eigenvalue weighted by Gasteiger charge is 2.10. The number of nitrogen functional groups attached to an aromatic ring is 1. The van der Waals surface area contributed by atoms with Gasteiger partial charge in [-0.3, -0.25) is 0 Å². The van der Waals surface area contributed by atoms with E-state index in [1.54, 1.807) is 0 Å². The fourth-order valence-electron chi connectivity index (χ4n) is 1.64. The number of aryl methyl sites for hydroxylation is 2. The van der Waals surface area contributed by atoms with E-state index < -0.39 is 0 Å². The lowest BCUT2D eigenvalue weighted by Gasteiger charge is -2.00. The average Bonchev–Trinajstić information content (AvgIpc) is 2.48. The first-order chi connectivity index (χ1) is 7.20. The van der Waals surface area contributed by atoms with Crippen LogP contribution < -0.4 is 5.73 Å². The van der Waals surface area contributed by atoms with Gasteiger partial charge in [0.05, 0.1) is 5.69 Å². The maximum atomic E-state index is 6.01. The Hall–Kier alpha value is -0.640. The normalized spacial score (nSPS) is 10.9. The molecule has 15 heavy (non-hydrogen) atoms. The summed E-state index contributed by atoms with van der Waals surface area (Å²) in [5.74, 6) is 3.15. The summed E-state index contributed by atoms with van der Waals surface area (Å²) in [7, 11) is 2.01. The van der Waals surface area contributed by atoms with Crippen molar-refractivity contribution in [3.05, 3.63) is 11.5 Å². The van der Waals surface area contributed by atoms with Crippen LogP contribution in [0.1, 0.15) is 31.3 Å². The maximum Gasteiger partial charge on any atom is 0.126 e. The molecule has 1 aromatic rings. The van der Waals surface area contributed by atoms with E-state index in [2.05, 4.69) is 18.2 Å². The van der Waals surface area contributed by atoms with Crippen LogP contribution in [-0.4, -0.2) is 21.6 Å². The minimum absolute atomic E-state index is 0.847. The molecule has 0 saturated carbocycles. The Morgan fingerprint density at radius 2 is 2.13 bits per heavy atom. The molecule has 1 rings (SSSR count). The number of rotatable bonds is 6. The maximum absolute atomic E-state index is 6.01. The van der Waals surface area contributed by atoms with Crippen molar-refractivity contribution in [1.82, 2.24) is 9.55 Å². The van der Waals surface area contributed by atoms with Crippen LogP contribution in [0.25, 0.3) is 0 Å². The van der Waals surface area contributed by atoms with E-state index in [4.69, 9.17) is 5.73 Å². The van der Waals surface area contributed by atoms with Crippen LogP contribution in [0.4, 0.5) is 5.82 Å². The molecule has 0 fully saturated rings. The first kappa shape index (κ1) is 12.4. The van der Waals surface area contributed by atoms with Crippen molar-refractivity contribution in [2.45, 2.75) is 32.6 Å². The highest BCUT2D eigenvalue weighted by molar-refractivity contribution is 7.98. The molecule has 0 radical (unpaired) electrons. The zero-order chi connectivity index (χ0) is 11.3. The fourth-order valence-corrected chi connectivity index (χ4v) is 2.07. The number of hydrogen-bond donors (Lipinski definition) is 1. The van der Waals surface area contributed by atoms with Gasteiger partial charge < -0.3 is 10.3 Å². The van der Waals surface area contributed by atoms with Crippen LogP contribution in [0.5, 0.6) is 0 Å². The van der Waals surface area contributed by atoms with Gasteiger partial charge in [0.25, 0.3) is 0 Å². The molecule has 2 N–H and O–H groups in total. The first-order valence-electron chi connectivity index (χ1n) is 5.49. The third-order valence-electron chi connectivity index (χ3n) is 2.54. The van der Waals surface area contributed by atoms with Crippen LogP contribution >= 0.6 is 11.8 Å². The Labute approximate surface area is 96.5 Å². The molecule has 0 saturated heterocycles. The molecule has 0 aliphatic heterocycles. The third-order valence-corrected chi connectivity index (χ3v) is 3.24. The summed E-state index contributed by atoms with van der Waals surface area (Å²) in [6, 6.07) is 0. The van der Waals surface area contributed by atoms with E-state index in [1.807, 2.05) is 23.4 Å². The average molecular weight is 227 g/mol. The molecule has 0 aliphatic rings. The summed E-state index contributed by atoms with van der Waals surface area (Å²) in [5, 5.41) is 0. The van der Waals surface area contributed by atoms with Gasteiger partial charge >= 0.3 is 0 Å². The Balaban J connectivity index is 2.67. The topological polar surface area (TPSA) is 43.8 Å². The molecule has 4 heteroatoms. The Kier molecular flexibility index (Phi) is 5.02. The second-order valence-electron chi connectivity index (χ2n) is 3.77. The van der Waals surface area contributed by atoms with Crippen LogP contribution in [0, 0.1) is 0 Å². The molecule has 0 atom stereocenters. The van der Waals surface area contributed by atoms with Gasteiger partial charge in [-0.2, -0.15) is 11.8 Å². The highest BCUT2D eigenvalue weighted by Crippen LogP contribution is 2.16. The molecule has 86 valence electrons. The second kappa shape index (κ2) is 6.05. The molecule has 0 unspecified atom stereocenters. The molecule has 0 aromatic carbocycles. The van der Waals surface area contributed by atoms with E-state index in [-0.39, 0.29) is 0 Å². The SMILES string of the molecule is CCCc1nc(CCCSC)c(N)n1C. The number of anilines is 1. The minimum atomic E-state index is 0.847. The summed E-state index contributed by atoms with van der Waals surface area (Å²) in [4.78, 5) is 4.60. The van der Waals surface area contributed by atoms with Crippen molar-refractivity contribution >= 4 is 17.6 Å². The van der Waals surface area contributed by atoms with Crippen LogP contribution in [0.2, 0.25) is 0 Å². The molecule has 1 aromatic heterocycles. The Morgan fingerprint density at radius 1 is 1.40 bits per heavy atom. The van der Waals surface area contributed by atoms with Gasteiger partial charge in [-0.1, -0.05) is 6.92 Å². The largest absolute Gasteiger partial charge is 0.384 e. The van der Waals surface area contributed by atoms with Crippen molar-refractivity contribution in [2.24, 2.45) is 7.05 Å². The molecule has 0 spiro atoms. The van der Waals surface area contributed by atoms with Crippen molar-refractivity contribution in [1.29, 1.82) is 0 Å². The van der Waals surface area contributed by atoms with E-state index in [9.17, 15) is 0 Å². The molecule has 3 nitrogen and oxygen atoms in total. The molecule has 0 aliphatic carbocycles. The summed E-state index contributed by atoms with van der Waals surface area (Å²) < 4.78 is 2.03. The van der Waals surface area contributed by atoms with Crippen LogP contribution in [0.3, 0.4) is 0 Å². The second-order valence-corrected chi connectivity index (χ2v) is 4.75. The highest BCUT2D eigenvalue weighted by atomic mass is 32.2. The zero-order valence-corrected chi connectivity index (χ0v) is 10.7. The van der Waals surface area contributed by atoms with Gasteiger partial charge in [-0.15, -0.1) is 0 Å². The fraction of sp³-hybridized carbons (Fsp3) is 0.727. The monoisotopic (exact) mass is 227 g/mol. The van der Waals surface area contributed by atoms with Crippen molar-refractivity contribution in [3.8, 4) is 0 Å². The summed E-state index contributed by atoms with van der Waals surface area (Å²) in [6.07, 6.45) is 6.43. The number of nitrogens with two attached hydrogens (primary N) is 1. The molecular formula is C11H21N3S. The van der Waals surface area contributed by atoms with Crippen molar-refractivity contribution in [2.75, 3.05) is 17.7 Å². The number of thioether (sulfide) groups is 1. The smallest absolute Gasteiger partial charge is 0.126 e. The van der Waals surface area contributed by atoms with Crippen LogP contribution in [-0.2, 0) is 19.9 Å². The van der Waals surface area contributed by atoms with E-state index in [1.165, 1.54) is 5.75 Å². The van der Waals surface area contributed by atoms with Gasteiger partial charge in [0, 0.05) is 13.5 Å². The minimum Gasteiger partial charge on any atom is -0.384 e. The first-order valence-corrected chi connectivity index (χ1v) is 6.89. The predicted octanol–water partition coefficient (Wildman–Crippen LogP) is 2.25. The standard InChI is InChI=1S/C11H21N3S/c1-4-6-10-13-9(7-5-8-15-3)11(12)14(10)2/h4-8,12H2,1-3H3. The van der Waals surface area contributed by atoms with Crippen molar-refractivity contribution < 1.29 is 0 Å². The molecule has 0 amide bonds. The van der Waals surface area contributed by atoms with Crippen LogP contribution in [0.15, 0.2) is 0 Å². The van der Waals surface area contributed by atoms with Gasteiger partial charge in [-0.25, -0.2) is 4.98 Å². The number of imidazole rings is 1. The summed E-state index contributed by atoms with van der Waals surface area (Å²) in [6.45, 7) is 2.16. The van der Waals surface area contributed by atoms with E-state index in [0.717, 1.165) is 43.0 Å². The summed E-state index contributed by atoms with van der Waals surface area (Å²) >= 11 is 1.87. The molecular weight excluding hydrogens is 206 g/mol. The quantitative estimate of drug-likeness (QED) is 0.758. The Bertz CT molecular complexity index is 307. The molecule has 1 heterocycles. The predicted molar refractivity (Wildman–Crippen MR) is 68.3 cm³/mol. The van der Waals surface area contributed by atoms with E-state index in [0.29, 0.717) is 0 Å².